The number of nitrogens with two attached hydrogens (primary N) is 1. The zero-order chi connectivity index (χ0) is 15.1. The molecule has 7 nitrogen and oxygen atoms in total. The van der Waals surface area contributed by atoms with Crippen LogP contribution in [0.2, 0.25) is 0 Å². The molecule has 0 aromatic heterocycles. The second kappa shape index (κ2) is 7.13. The molecule has 1 aromatic carbocycles. The highest BCUT2D eigenvalue weighted by Gasteiger charge is 2.08. The predicted octanol–water partition coefficient (Wildman–Crippen LogP) is -0.631. The Bertz CT molecular complexity index is 497. The average Bonchev–Trinajstić information content (AvgIpc) is 2.42. The molecule has 0 aliphatic carbocycles. The summed E-state index contributed by atoms with van der Waals surface area (Å²) in [5.74, 6) is -0.705. The maximum atomic E-state index is 11.4. The van der Waals surface area contributed by atoms with Gasteiger partial charge in [-0.05, 0) is 24.3 Å². The van der Waals surface area contributed by atoms with E-state index in [1.165, 1.54) is 17.0 Å². The van der Waals surface area contributed by atoms with E-state index in [4.69, 9.17) is 10.5 Å². The molecule has 20 heavy (non-hydrogen) atoms. The number of carbonyl (C=O) groups is 3. The number of nitrogens with zero attached hydrogens (tertiary/aromatic N) is 1. The van der Waals surface area contributed by atoms with Gasteiger partial charge in [-0.2, -0.15) is 0 Å². The van der Waals surface area contributed by atoms with E-state index in [-0.39, 0.29) is 19.1 Å². The number of nitrogens with one attached hydrogen (secondary N) is 1. The summed E-state index contributed by atoms with van der Waals surface area (Å²) < 4.78 is 5.21. The van der Waals surface area contributed by atoms with Crippen molar-refractivity contribution in [2.24, 2.45) is 5.73 Å². The van der Waals surface area contributed by atoms with Gasteiger partial charge in [0.2, 0.25) is 11.8 Å². The Hall–Kier alpha value is -2.57. The smallest absolute Gasteiger partial charge is 0.258 e. The molecule has 1 rings (SSSR count). The van der Waals surface area contributed by atoms with Crippen LogP contribution in [0.3, 0.4) is 0 Å². The monoisotopic (exact) mass is 279 g/mol. The zero-order valence-electron chi connectivity index (χ0n) is 11.4. The first-order chi connectivity index (χ1) is 9.40. The summed E-state index contributed by atoms with van der Waals surface area (Å²) in [7, 11) is 3.20. The second-order valence-electron chi connectivity index (χ2n) is 4.24. The first-order valence-electron chi connectivity index (χ1n) is 5.89. The van der Waals surface area contributed by atoms with Crippen LogP contribution in [0, 0.1) is 0 Å². The molecule has 0 spiro atoms. The first kappa shape index (κ1) is 15.5. The van der Waals surface area contributed by atoms with E-state index in [9.17, 15) is 14.4 Å². The van der Waals surface area contributed by atoms with Crippen LogP contribution < -0.4 is 15.8 Å². The summed E-state index contributed by atoms with van der Waals surface area (Å²) in [6.45, 7) is -0.285. The van der Waals surface area contributed by atoms with E-state index in [0.717, 1.165) is 0 Å². The Labute approximate surface area is 116 Å². The van der Waals surface area contributed by atoms with Gasteiger partial charge < -0.3 is 20.7 Å². The minimum Gasteiger partial charge on any atom is -0.484 e. The second-order valence-corrected chi connectivity index (χ2v) is 4.24. The molecule has 0 atom stereocenters. The number of rotatable bonds is 6. The van der Waals surface area contributed by atoms with Gasteiger partial charge in [-0.3, -0.25) is 14.4 Å². The van der Waals surface area contributed by atoms with Crippen LogP contribution in [0.15, 0.2) is 24.3 Å². The number of hydrogen-bond donors (Lipinski definition) is 2. The van der Waals surface area contributed by atoms with Crippen LogP contribution >= 0.6 is 0 Å². The van der Waals surface area contributed by atoms with Crippen LogP contribution in [-0.2, 0) is 9.59 Å². The Morgan fingerprint density at radius 3 is 2.30 bits per heavy atom. The van der Waals surface area contributed by atoms with Gasteiger partial charge in [-0.1, -0.05) is 0 Å². The number of carbonyl (C=O) groups excluding carboxylic acids is 3. The lowest BCUT2D eigenvalue weighted by Gasteiger charge is -2.11. The van der Waals surface area contributed by atoms with Gasteiger partial charge in [0.15, 0.2) is 6.61 Å². The lowest BCUT2D eigenvalue weighted by molar-refractivity contribution is -0.131. The molecule has 0 bridgehead atoms. The van der Waals surface area contributed by atoms with Crippen LogP contribution in [-0.4, -0.2) is 49.9 Å². The lowest BCUT2D eigenvalue weighted by Crippen LogP contribution is -2.38. The molecule has 0 aliphatic rings. The summed E-state index contributed by atoms with van der Waals surface area (Å²) in [6.07, 6.45) is 0. The molecule has 0 saturated carbocycles. The molecular formula is C13H17N3O4. The fourth-order valence-electron chi connectivity index (χ4n) is 1.25. The Morgan fingerprint density at radius 1 is 1.20 bits per heavy atom. The van der Waals surface area contributed by atoms with E-state index < -0.39 is 11.8 Å². The molecule has 0 heterocycles. The quantitative estimate of drug-likeness (QED) is 0.723. The van der Waals surface area contributed by atoms with E-state index in [1.807, 2.05) is 0 Å². The molecule has 0 aliphatic heterocycles. The van der Waals surface area contributed by atoms with Gasteiger partial charge in [0, 0.05) is 19.7 Å². The lowest BCUT2D eigenvalue weighted by atomic mass is 10.2. The molecule has 1 aromatic rings. The maximum absolute atomic E-state index is 11.4. The molecule has 108 valence electrons. The largest absolute Gasteiger partial charge is 0.484 e. The van der Waals surface area contributed by atoms with E-state index in [2.05, 4.69) is 5.32 Å². The molecule has 0 fully saturated rings. The average molecular weight is 279 g/mol. The third-order valence-electron chi connectivity index (χ3n) is 2.44. The van der Waals surface area contributed by atoms with Crippen molar-refractivity contribution in [3.63, 3.8) is 0 Å². The van der Waals surface area contributed by atoms with Crippen molar-refractivity contribution in [2.75, 3.05) is 27.2 Å². The summed E-state index contributed by atoms with van der Waals surface area (Å²) in [5.41, 5.74) is 5.46. The van der Waals surface area contributed by atoms with Crippen LogP contribution in [0.4, 0.5) is 0 Å². The van der Waals surface area contributed by atoms with Crippen molar-refractivity contribution in [3.8, 4) is 5.75 Å². The van der Waals surface area contributed by atoms with Gasteiger partial charge in [-0.25, -0.2) is 0 Å². The molecular weight excluding hydrogens is 262 g/mol. The minimum absolute atomic E-state index is 0.0736. The Morgan fingerprint density at radius 2 is 1.80 bits per heavy atom. The number of likely N-dealkylation sites (N-methyl/N-ethyl adjacent to an activating group) is 1. The summed E-state index contributed by atoms with van der Waals surface area (Å²) >= 11 is 0. The highest BCUT2D eigenvalue weighted by Crippen LogP contribution is 2.11. The molecule has 0 saturated heterocycles. The van der Waals surface area contributed by atoms with Crippen LogP contribution in [0.25, 0.3) is 0 Å². The topological polar surface area (TPSA) is 102 Å². The minimum atomic E-state index is -0.531. The van der Waals surface area contributed by atoms with Gasteiger partial charge in [-0.15, -0.1) is 0 Å². The van der Waals surface area contributed by atoms with Gasteiger partial charge in [0.05, 0.1) is 6.54 Å². The summed E-state index contributed by atoms with van der Waals surface area (Å²) in [4.78, 5) is 34.9. The van der Waals surface area contributed by atoms with E-state index in [1.54, 1.807) is 26.2 Å². The summed E-state index contributed by atoms with van der Waals surface area (Å²) in [6, 6.07) is 6.09. The van der Waals surface area contributed by atoms with Crippen molar-refractivity contribution in [1.82, 2.24) is 10.2 Å². The standard InChI is InChI=1S/C13H17N3O4/c1-16(2)12(18)7-15-11(17)8-20-10-5-3-9(4-6-10)13(14)19/h3-6H,7-8H2,1-2H3,(H2,14,19)(H,15,17). The van der Waals surface area contributed by atoms with Crippen molar-refractivity contribution in [1.29, 1.82) is 0 Å². The van der Waals surface area contributed by atoms with Gasteiger partial charge in [0.1, 0.15) is 5.75 Å². The molecule has 0 unspecified atom stereocenters. The summed E-state index contributed by atoms with van der Waals surface area (Å²) in [5, 5.41) is 2.43. The van der Waals surface area contributed by atoms with Crippen LogP contribution in [0.5, 0.6) is 5.75 Å². The Kier molecular flexibility index (Phi) is 5.52. The van der Waals surface area contributed by atoms with Gasteiger partial charge in [0.25, 0.3) is 5.91 Å². The third-order valence-corrected chi connectivity index (χ3v) is 2.44. The van der Waals surface area contributed by atoms with E-state index in [0.29, 0.717) is 11.3 Å². The molecule has 3 amide bonds. The van der Waals surface area contributed by atoms with Crippen LogP contribution in [0.1, 0.15) is 10.4 Å². The van der Waals surface area contributed by atoms with Crippen molar-refractivity contribution in [3.05, 3.63) is 29.8 Å². The number of benzene rings is 1. The number of primary amides is 1. The normalized spacial score (nSPS) is 9.70. The van der Waals surface area contributed by atoms with Crippen molar-refractivity contribution < 1.29 is 19.1 Å². The number of hydrogen-bond acceptors (Lipinski definition) is 4. The molecule has 3 N–H and O–H groups in total. The zero-order valence-corrected chi connectivity index (χ0v) is 11.4. The third kappa shape index (κ3) is 4.97. The van der Waals surface area contributed by atoms with Gasteiger partial charge >= 0.3 is 0 Å². The fourth-order valence-corrected chi connectivity index (χ4v) is 1.25. The van der Waals surface area contributed by atoms with Crippen molar-refractivity contribution in [2.45, 2.75) is 0 Å². The SMILES string of the molecule is CN(C)C(=O)CNC(=O)COc1ccc(C(N)=O)cc1. The Balaban J connectivity index is 2.37. The molecule has 7 heteroatoms. The molecule has 0 radical (unpaired) electrons. The highest BCUT2D eigenvalue weighted by molar-refractivity contribution is 5.92. The maximum Gasteiger partial charge on any atom is 0.258 e. The highest BCUT2D eigenvalue weighted by atomic mass is 16.5. The number of ether oxygens (including phenoxy) is 1. The predicted molar refractivity (Wildman–Crippen MR) is 72.2 cm³/mol. The van der Waals surface area contributed by atoms with Crippen molar-refractivity contribution >= 4 is 17.7 Å². The van der Waals surface area contributed by atoms with E-state index >= 15 is 0 Å². The fraction of sp³-hybridized carbons (Fsp3) is 0.308. The first-order valence-corrected chi connectivity index (χ1v) is 5.89. The number of amides is 3.